The van der Waals surface area contributed by atoms with Gasteiger partial charge in [0.2, 0.25) is 0 Å². The third-order valence-electron chi connectivity index (χ3n) is 2.51. The van der Waals surface area contributed by atoms with E-state index in [1.807, 2.05) is 12.1 Å². The molecule has 92 valence electrons. The van der Waals surface area contributed by atoms with E-state index >= 15 is 0 Å². The molecule has 18 heavy (non-hydrogen) atoms. The predicted octanol–water partition coefficient (Wildman–Crippen LogP) is 4.78. The van der Waals surface area contributed by atoms with Crippen molar-refractivity contribution < 1.29 is 9.18 Å². The second-order valence-corrected chi connectivity index (χ2v) is 5.62. The number of halogens is 3. The largest absolute Gasteiger partial charge is 0.294 e. The molecule has 1 nitrogen and oxygen atoms in total. The predicted molar refractivity (Wildman–Crippen MR) is 76.3 cm³/mol. The molecular weight excluding hydrogens is 363 g/mol. The third-order valence-corrected chi connectivity index (χ3v) is 3.69. The minimum atomic E-state index is -0.296. The molecule has 0 aliphatic heterocycles. The molecule has 0 bridgehead atoms. The van der Waals surface area contributed by atoms with Gasteiger partial charge in [0.25, 0.3) is 0 Å². The van der Waals surface area contributed by atoms with Crippen molar-refractivity contribution >= 4 is 37.6 Å². The van der Waals surface area contributed by atoms with Crippen molar-refractivity contribution in [2.24, 2.45) is 0 Å². The maximum atomic E-state index is 12.8. The van der Waals surface area contributed by atoms with Crippen LogP contribution in [0.25, 0.3) is 0 Å². The lowest BCUT2D eigenvalue weighted by atomic mass is 10.0. The highest BCUT2D eigenvalue weighted by atomic mass is 79.9. The molecule has 0 unspecified atom stereocenters. The average Bonchev–Trinajstić information content (AvgIpc) is 2.35. The number of carbonyl (C=O) groups is 1. The van der Waals surface area contributed by atoms with Crippen LogP contribution in [0.2, 0.25) is 0 Å². The van der Waals surface area contributed by atoms with E-state index in [-0.39, 0.29) is 18.0 Å². The van der Waals surface area contributed by atoms with Crippen LogP contribution in [0.4, 0.5) is 4.39 Å². The van der Waals surface area contributed by atoms with Gasteiger partial charge in [-0.2, -0.15) is 0 Å². The Kier molecular flexibility index (Phi) is 4.30. The molecule has 0 atom stereocenters. The summed E-state index contributed by atoms with van der Waals surface area (Å²) in [6.45, 7) is 0. The fourth-order valence-electron chi connectivity index (χ4n) is 1.59. The van der Waals surface area contributed by atoms with Gasteiger partial charge in [0, 0.05) is 20.9 Å². The van der Waals surface area contributed by atoms with Crippen molar-refractivity contribution in [3.8, 4) is 0 Å². The monoisotopic (exact) mass is 370 g/mol. The molecule has 0 saturated heterocycles. The number of rotatable bonds is 3. The minimum Gasteiger partial charge on any atom is -0.294 e. The Hall–Kier alpha value is -1.000. The van der Waals surface area contributed by atoms with Gasteiger partial charge in [-0.15, -0.1) is 0 Å². The molecule has 0 spiro atoms. The summed E-state index contributed by atoms with van der Waals surface area (Å²) in [7, 11) is 0. The lowest BCUT2D eigenvalue weighted by Gasteiger charge is -2.05. The van der Waals surface area contributed by atoms with E-state index < -0.39 is 0 Å². The smallest absolute Gasteiger partial charge is 0.168 e. The highest BCUT2D eigenvalue weighted by Gasteiger charge is 2.11. The molecule has 0 aliphatic rings. The molecule has 0 amide bonds. The third kappa shape index (κ3) is 3.27. The Morgan fingerprint density at radius 1 is 1.06 bits per heavy atom. The van der Waals surface area contributed by atoms with Crippen LogP contribution >= 0.6 is 31.9 Å². The van der Waals surface area contributed by atoms with Crippen LogP contribution in [-0.4, -0.2) is 5.78 Å². The first kappa shape index (κ1) is 13.4. The van der Waals surface area contributed by atoms with Crippen molar-refractivity contribution in [2.45, 2.75) is 6.42 Å². The molecule has 0 saturated carbocycles. The van der Waals surface area contributed by atoms with Crippen molar-refractivity contribution in [2.75, 3.05) is 0 Å². The van der Waals surface area contributed by atoms with Gasteiger partial charge < -0.3 is 0 Å². The van der Waals surface area contributed by atoms with Crippen molar-refractivity contribution in [3.63, 3.8) is 0 Å². The number of hydrogen-bond donors (Lipinski definition) is 0. The highest BCUT2D eigenvalue weighted by molar-refractivity contribution is 9.11. The van der Waals surface area contributed by atoms with E-state index in [4.69, 9.17) is 0 Å². The summed E-state index contributed by atoms with van der Waals surface area (Å²) < 4.78 is 14.4. The molecule has 4 heteroatoms. The number of carbonyl (C=O) groups excluding carboxylic acids is 1. The molecule has 0 radical (unpaired) electrons. The van der Waals surface area contributed by atoms with Gasteiger partial charge in [0.15, 0.2) is 5.78 Å². The number of Topliss-reactive ketones (excluding diaryl/α,β-unsaturated/α-hetero) is 1. The molecule has 2 rings (SSSR count). The highest BCUT2D eigenvalue weighted by Crippen LogP contribution is 2.23. The number of ketones is 1. The number of benzene rings is 2. The van der Waals surface area contributed by atoms with E-state index in [1.165, 1.54) is 12.1 Å². The summed E-state index contributed by atoms with van der Waals surface area (Å²) in [4.78, 5) is 12.1. The molecule has 0 aromatic heterocycles. The molecule has 0 fully saturated rings. The Morgan fingerprint density at radius 2 is 1.72 bits per heavy atom. The Bertz CT molecular complexity index is 579. The summed E-state index contributed by atoms with van der Waals surface area (Å²) in [5.74, 6) is -0.301. The first-order valence-electron chi connectivity index (χ1n) is 5.29. The van der Waals surface area contributed by atoms with E-state index in [0.29, 0.717) is 5.56 Å². The van der Waals surface area contributed by atoms with Crippen LogP contribution in [0.5, 0.6) is 0 Å². The molecule has 2 aromatic rings. The second-order valence-electron chi connectivity index (χ2n) is 3.85. The van der Waals surface area contributed by atoms with Gasteiger partial charge in [0.1, 0.15) is 5.82 Å². The zero-order chi connectivity index (χ0) is 13.1. The Balaban J connectivity index is 2.21. The average molecular weight is 372 g/mol. The van der Waals surface area contributed by atoms with Crippen LogP contribution in [0.15, 0.2) is 51.4 Å². The Labute approximate surface area is 121 Å². The molecule has 0 heterocycles. The van der Waals surface area contributed by atoms with Gasteiger partial charge in [-0.25, -0.2) is 4.39 Å². The summed E-state index contributed by atoms with van der Waals surface area (Å²) >= 11 is 6.69. The van der Waals surface area contributed by atoms with Gasteiger partial charge in [0.05, 0.1) is 0 Å². The van der Waals surface area contributed by atoms with Crippen LogP contribution in [0.1, 0.15) is 15.9 Å². The molecule has 0 N–H and O–H groups in total. The van der Waals surface area contributed by atoms with Gasteiger partial charge >= 0.3 is 0 Å². The molecule has 2 aromatic carbocycles. The van der Waals surface area contributed by atoms with Gasteiger partial charge in [-0.1, -0.05) is 44.0 Å². The van der Waals surface area contributed by atoms with Crippen molar-refractivity contribution in [3.05, 3.63) is 68.4 Å². The fourth-order valence-corrected chi connectivity index (χ4v) is 2.42. The van der Waals surface area contributed by atoms with Crippen LogP contribution in [0.3, 0.4) is 0 Å². The zero-order valence-corrected chi connectivity index (χ0v) is 12.5. The van der Waals surface area contributed by atoms with Crippen molar-refractivity contribution in [1.82, 2.24) is 0 Å². The lowest BCUT2D eigenvalue weighted by Crippen LogP contribution is -2.04. The fraction of sp³-hybridized carbons (Fsp3) is 0.0714. The van der Waals surface area contributed by atoms with Crippen LogP contribution < -0.4 is 0 Å². The quantitative estimate of drug-likeness (QED) is 0.710. The molecule has 0 aliphatic carbocycles. The van der Waals surface area contributed by atoms with E-state index in [1.54, 1.807) is 18.2 Å². The maximum Gasteiger partial charge on any atom is 0.168 e. The normalized spacial score (nSPS) is 10.4. The molecular formula is C14H9Br2FO. The van der Waals surface area contributed by atoms with Crippen molar-refractivity contribution in [1.29, 1.82) is 0 Å². The first-order chi connectivity index (χ1) is 8.56. The van der Waals surface area contributed by atoms with E-state index in [0.717, 1.165) is 14.5 Å². The van der Waals surface area contributed by atoms with Crippen LogP contribution in [-0.2, 0) is 6.42 Å². The first-order valence-corrected chi connectivity index (χ1v) is 6.87. The summed E-state index contributed by atoms with van der Waals surface area (Å²) in [6.07, 6.45) is 0.259. The topological polar surface area (TPSA) is 17.1 Å². The van der Waals surface area contributed by atoms with Gasteiger partial charge in [-0.05, 0) is 35.9 Å². The summed E-state index contributed by atoms with van der Waals surface area (Å²) in [5.41, 5.74) is 1.42. The van der Waals surface area contributed by atoms with Crippen LogP contribution in [0, 0.1) is 5.82 Å². The standard InChI is InChI=1S/C14H9Br2FO/c15-10-3-6-13(16)12(8-10)14(18)7-9-1-4-11(17)5-2-9/h1-6,8H,7H2. The summed E-state index contributed by atoms with van der Waals surface area (Å²) in [6, 6.07) is 11.4. The van der Waals surface area contributed by atoms with Gasteiger partial charge in [-0.3, -0.25) is 4.79 Å². The SMILES string of the molecule is O=C(Cc1ccc(F)cc1)c1cc(Br)ccc1Br. The Morgan fingerprint density at radius 3 is 2.39 bits per heavy atom. The van der Waals surface area contributed by atoms with E-state index in [2.05, 4.69) is 31.9 Å². The minimum absolute atomic E-state index is 0.00483. The lowest BCUT2D eigenvalue weighted by molar-refractivity contribution is 0.0992. The van der Waals surface area contributed by atoms with E-state index in [9.17, 15) is 9.18 Å². The summed E-state index contributed by atoms with van der Waals surface area (Å²) in [5, 5.41) is 0. The zero-order valence-electron chi connectivity index (χ0n) is 9.29. The number of hydrogen-bond acceptors (Lipinski definition) is 1. The maximum absolute atomic E-state index is 12.8. The second kappa shape index (κ2) is 5.76.